The van der Waals surface area contributed by atoms with E-state index in [9.17, 15) is 19.7 Å². The van der Waals surface area contributed by atoms with Crippen LogP contribution in [0.4, 0.5) is 5.69 Å². The number of nitrogens with zero attached hydrogens (tertiary/aromatic N) is 4. The van der Waals surface area contributed by atoms with E-state index >= 15 is 0 Å². The molecule has 0 spiro atoms. The molecule has 0 saturated carbocycles. The van der Waals surface area contributed by atoms with Crippen LogP contribution in [0.1, 0.15) is 37.8 Å². The lowest BCUT2D eigenvalue weighted by Gasteiger charge is -2.31. The van der Waals surface area contributed by atoms with Crippen LogP contribution >= 0.6 is 0 Å². The maximum Gasteiger partial charge on any atom is 0.336 e. The predicted octanol–water partition coefficient (Wildman–Crippen LogP) is 5.05. The number of esters is 2. The maximum absolute atomic E-state index is 13.4. The normalized spacial score (nSPS) is 17.2. The number of nitro groups is 1. The fraction of sp³-hybridized carbons (Fsp3) is 0.241. The monoisotopic (exact) mass is 528 g/mol. The molecule has 4 rings (SSSR count). The van der Waals surface area contributed by atoms with E-state index in [4.69, 9.17) is 9.47 Å². The molecule has 0 fully saturated rings. The molecule has 39 heavy (non-hydrogen) atoms. The molecule has 200 valence electrons. The quantitative estimate of drug-likeness (QED) is 0.216. The van der Waals surface area contributed by atoms with Gasteiger partial charge in [0, 0.05) is 41.8 Å². The largest absolute Gasteiger partial charge is 0.465 e. The van der Waals surface area contributed by atoms with Crippen LogP contribution in [0.2, 0.25) is 0 Å². The lowest BCUT2D eigenvalue weighted by atomic mass is 9.75. The number of imidazole rings is 1. The number of aliphatic imine (C=N–C) groups is 1. The second kappa shape index (κ2) is 12.1. The molecule has 0 amide bonds. The van der Waals surface area contributed by atoms with Crippen LogP contribution in [-0.2, 0) is 19.1 Å². The first-order valence-corrected chi connectivity index (χ1v) is 12.5. The number of hydrogen-bond donors (Lipinski definition) is 0. The molecule has 2 atom stereocenters. The van der Waals surface area contributed by atoms with E-state index in [1.807, 2.05) is 35.0 Å². The number of rotatable bonds is 9. The van der Waals surface area contributed by atoms with Gasteiger partial charge in [-0.3, -0.25) is 19.9 Å². The Kier molecular flexibility index (Phi) is 8.45. The zero-order valence-corrected chi connectivity index (χ0v) is 21.8. The number of carbonyl (C=O) groups is 2. The third-order valence-corrected chi connectivity index (χ3v) is 6.27. The van der Waals surface area contributed by atoms with Crippen LogP contribution in [0.5, 0.6) is 0 Å². The van der Waals surface area contributed by atoms with Crippen molar-refractivity contribution in [1.29, 1.82) is 0 Å². The van der Waals surface area contributed by atoms with Crippen LogP contribution < -0.4 is 0 Å². The second-order valence-electron chi connectivity index (χ2n) is 8.73. The van der Waals surface area contributed by atoms with E-state index in [1.54, 1.807) is 51.5 Å². The van der Waals surface area contributed by atoms with Gasteiger partial charge in [-0.2, -0.15) is 0 Å². The molecule has 2 unspecified atom stereocenters. The second-order valence-corrected chi connectivity index (χ2v) is 8.73. The first kappa shape index (κ1) is 27.2. The molecule has 2 aromatic carbocycles. The summed E-state index contributed by atoms with van der Waals surface area (Å²) in [6, 6.07) is 13.6. The molecule has 0 aliphatic carbocycles. The molecule has 1 aliphatic rings. The minimum absolute atomic E-state index is 0.101. The average molecular weight is 529 g/mol. The Hall–Kier alpha value is -4.86. The summed E-state index contributed by atoms with van der Waals surface area (Å²) in [4.78, 5) is 46.2. The summed E-state index contributed by atoms with van der Waals surface area (Å²) in [6.07, 6.45) is 8.73. The van der Waals surface area contributed by atoms with Crippen LogP contribution in [0.15, 0.2) is 89.6 Å². The lowest BCUT2D eigenvalue weighted by molar-refractivity contribution is -0.384. The highest BCUT2D eigenvalue weighted by Crippen LogP contribution is 2.41. The zero-order valence-electron chi connectivity index (χ0n) is 21.8. The Morgan fingerprint density at radius 1 is 1.08 bits per heavy atom. The summed E-state index contributed by atoms with van der Waals surface area (Å²) in [5.74, 6) is -3.09. The summed E-state index contributed by atoms with van der Waals surface area (Å²) < 4.78 is 12.6. The van der Waals surface area contributed by atoms with Gasteiger partial charge in [0.2, 0.25) is 0 Å². The Labute approximate surface area is 225 Å². The maximum atomic E-state index is 13.4. The fourth-order valence-electron chi connectivity index (χ4n) is 4.53. The van der Waals surface area contributed by atoms with Crippen LogP contribution in [0.25, 0.3) is 11.8 Å². The molecule has 10 heteroatoms. The summed E-state index contributed by atoms with van der Waals surface area (Å²) in [7, 11) is 0. The smallest absolute Gasteiger partial charge is 0.336 e. The molecule has 2 heterocycles. The van der Waals surface area contributed by atoms with Crippen molar-refractivity contribution in [1.82, 2.24) is 9.55 Å². The molecular weight excluding hydrogens is 500 g/mol. The Morgan fingerprint density at radius 2 is 1.82 bits per heavy atom. The molecule has 1 aliphatic heterocycles. The topological polar surface area (TPSA) is 126 Å². The van der Waals surface area contributed by atoms with Gasteiger partial charge >= 0.3 is 11.9 Å². The zero-order chi connectivity index (χ0) is 27.9. The van der Waals surface area contributed by atoms with Gasteiger partial charge in [0.1, 0.15) is 5.92 Å². The van der Waals surface area contributed by atoms with Gasteiger partial charge in [-0.15, -0.1) is 0 Å². The number of hydrogen-bond acceptors (Lipinski definition) is 8. The summed E-state index contributed by atoms with van der Waals surface area (Å²) in [6.45, 7) is 5.28. The molecule has 3 aromatic rings. The fourth-order valence-corrected chi connectivity index (χ4v) is 4.53. The highest BCUT2D eigenvalue weighted by atomic mass is 16.6. The van der Waals surface area contributed by atoms with Gasteiger partial charge < -0.3 is 14.0 Å². The van der Waals surface area contributed by atoms with Crippen molar-refractivity contribution < 1.29 is 24.0 Å². The summed E-state index contributed by atoms with van der Waals surface area (Å²) >= 11 is 0. The molecular formula is C29H28N4O6. The summed E-state index contributed by atoms with van der Waals surface area (Å²) in [5, 5.41) is 11.5. The Balaban J connectivity index is 1.83. The van der Waals surface area contributed by atoms with Crippen LogP contribution in [0.3, 0.4) is 0 Å². The molecule has 0 radical (unpaired) electrons. The molecule has 0 bridgehead atoms. The third-order valence-electron chi connectivity index (χ3n) is 6.27. The van der Waals surface area contributed by atoms with Crippen molar-refractivity contribution in [3.05, 3.63) is 106 Å². The van der Waals surface area contributed by atoms with Crippen molar-refractivity contribution in [3.63, 3.8) is 0 Å². The van der Waals surface area contributed by atoms with E-state index < -0.39 is 28.7 Å². The van der Waals surface area contributed by atoms with E-state index in [0.29, 0.717) is 17.0 Å². The van der Waals surface area contributed by atoms with Gasteiger partial charge in [-0.05, 0) is 50.1 Å². The first-order valence-electron chi connectivity index (χ1n) is 12.5. The lowest BCUT2D eigenvalue weighted by Crippen LogP contribution is -2.36. The van der Waals surface area contributed by atoms with Gasteiger partial charge in [0.15, 0.2) is 0 Å². The van der Waals surface area contributed by atoms with Crippen molar-refractivity contribution in [2.24, 2.45) is 10.9 Å². The van der Waals surface area contributed by atoms with Crippen LogP contribution in [0, 0.1) is 16.0 Å². The van der Waals surface area contributed by atoms with E-state index in [0.717, 1.165) is 11.3 Å². The van der Waals surface area contributed by atoms with E-state index in [2.05, 4.69) is 9.98 Å². The number of aromatic nitrogens is 2. The standard InChI is InChI=1S/C29H28N4O6/c1-4-38-28(34)25-19(3)31-24(14-11-20-9-12-22(13-10-20)32-16-15-30-18-32)27(29(35)39-5-2)26(25)21-7-6-8-23(17-21)33(36)37/h6-18,25-26H,4-5H2,1-3H3. The molecule has 10 nitrogen and oxygen atoms in total. The van der Waals surface area contributed by atoms with Crippen molar-refractivity contribution in [2.75, 3.05) is 13.2 Å². The number of ether oxygens (including phenoxy) is 2. The van der Waals surface area contributed by atoms with E-state index in [1.165, 1.54) is 18.2 Å². The average Bonchev–Trinajstić information content (AvgIpc) is 3.47. The van der Waals surface area contributed by atoms with Crippen molar-refractivity contribution in [2.45, 2.75) is 26.7 Å². The number of non-ortho nitro benzene ring substituents is 1. The number of allylic oxidation sites excluding steroid dienone is 1. The first-order chi connectivity index (χ1) is 18.8. The minimum Gasteiger partial charge on any atom is -0.465 e. The highest BCUT2D eigenvalue weighted by molar-refractivity contribution is 6.07. The van der Waals surface area contributed by atoms with Gasteiger partial charge in [-0.1, -0.05) is 30.3 Å². The number of benzene rings is 2. The third kappa shape index (κ3) is 6.01. The van der Waals surface area contributed by atoms with Gasteiger partial charge in [-0.25, -0.2) is 9.78 Å². The highest BCUT2D eigenvalue weighted by Gasteiger charge is 2.43. The van der Waals surface area contributed by atoms with Gasteiger partial charge in [0.05, 0.1) is 35.7 Å². The predicted molar refractivity (Wildman–Crippen MR) is 145 cm³/mol. The number of carbonyl (C=O) groups excluding carboxylic acids is 2. The number of nitro benzene ring substituents is 1. The summed E-state index contributed by atoms with van der Waals surface area (Å²) in [5.41, 5.74) is 2.90. The molecule has 1 aromatic heterocycles. The van der Waals surface area contributed by atoms with Crippen LogP contribution in [-0.4, -0.2) is 45.3 Å². The van der Waals surface area contributed by atoms with E-state index in [-0.39, 0.29) is 24.5 Å². The SMILES string of the molecule is CCOC(=O)C1=C(C=Cc2ccc(-n3ccnc3)cc2)N=C(C)C(C(=O)OCC)C1c1cccc([N+](=O)[O-])c1. The Morgan fingerprint density at radius 3 is 2.46 bits per heavy atom. The van der Waals surface area contributed by atoms with Gasteiger partial charge in [0.25, 0.3) is 5.69 Å². The Bertz CT molecular complexity index is 1460. The molecule has 0 N–H and O–H groups in total. The minimum atomic E-state index is -0.960. The molecule has 0 saturated heterocycles. The van der Waals surface area contributed by atoms with Crippen molar-refractivity contribution >= 4 is 29.4 Å². The van der Waals surface area contributed by atoms with Crippen molar-refractivity contribution in [3.8, 4) is 5.69 Å².